The lowest BCUT2D eigenvalue weighted by Crippen LogP contribution is -2.29. The molecule has 0 fully saturated rings. The number of anilines is 1. The number of halogens is 1. The van der Waals surface area contributed by atoms with Gasteiger partial charge in [0, 0.05) is 17.5 Å². The predicted molar refractivity (Wildman–Crippen MR) is 132 cm³/mol. The van der Waals surface area contributed by atoms with Crippen molar-refractivity contribution in [2.75, 3.05) is 10.6 Å². The molecular formula is C24H22ClN3O5S. The molecular weight excluding hydrogens is 478 g/mol. The van der Waals surface area contributed by atoms with Gasteiger partial charge < -0.3 is 4.74 Å². The summed E-state index contributed by atoms with van der Waals surface area (Å²) in [6.45, 7) is 1.40. The topological polar surface area (TPSA) is 105 Å². The maximum Gasteiger partial charge on any atom is 0.308 e. The molecule has 176 valence electrons. The van der Waals surface area contributed by atoms with Crippen LogP contribution in [0.4, 0.5) is 5.69 Å². The second kappa shape index (κ2) is 11.0. The Morgan fingerprint density at radius 3 is 2.32 bits per heavy atom. The first kappa shape index (κ1) is 24.9. The minimum Gasteiger partial charge on any atom is -0.427 e. The number of hydrogen-bond acceptors (Lipinski definition) is 6. The first-order valence-corrected chi connectivity index (χ1v) is 12.3. The monoisotopic (exact) mass is 499 g/mol. The van der Waals surface area contributed by atoms with Gasteiger partial charge in [0.15, 0.2) is 0 Å². The standard InChI is InChI=1S/C24H22ClN3O5S/c1-17(29)33-23-12-8-18(9-13-23)15-26-27-24(30)20-10-6-19(7-11-20)16-28(34(2,31)32)22-5-3-4-21(25)14-22/h3-15H,16H2,1-2H3,(H,27,30)/b26-15-. The molecule has 0 heterocycles. The molecule has 0 aliphatic rings. The van der Waals surface area contributed by atoms with E-state index in [2.05, 4.69) is 10.5 Å². The van der Waals surface area contributed by atoms with E-state index in [1.165, 1.54) is 17.4 Å². The molecule has 0 spiro atoms. The van der Waals surface area contributed by atoms with Crippen LogP contribution in [0.25, 0.3) is 0 Å². The molecule has 3 aromatic rings. The lowest BCUT2D eigenvalue weighted by molar-refractivity contribution is -0.131. The molecule has 0 aromatic heterocycles. The number of carbonyl (C=O) groups excluding carboxylic acids is 2. The Hall–Kier alpha value is -3.69. The molecule has 3 rings (SSSR count). The van der Waals surface area contributed by atoms with Crippen LogP contribution in [-0.4, -0.2) is 32.8 Å². The van der Waals surface area contributed by atoms with Crippen molar-refractivity contribution in [2.24, 2.45) is 5.10 Å². The molecule has 0 bridgehead atoms. The summed E-state index contributed by atoms with van der Waals surface area (Å²) < 4.78 is 30.8. The summed E-state index contributed by atoms with van der Waals surface area (Å²) >= 11 is 6.01. The van der Waals surface area contributed by atoms with E-state index in [0.717, 1.165) is 6.26 Å². The van der Waals surface area contributed by atoms with Gasteiger partial charge in [-0.05, 0) is 65.7 Å². The summed E-state index contributed by atoms with van der Waals surface area (Å²) in [5, 5.41) is 4.36. The highest BCUT2D eigenvalue weighted by Gasteiger charge is 2.18. The van der Waals surface area contributed by atoms with Gasteiger partial charge >= 0.3 is 5.97 Å². The lowest BCUT2D eigenvalue weighted by atomic mass is 10.1. The third-order valence-electron chi connectivity index (χ3n) is 4.56. The molecule has 0 atom stereocenters. The number of nitrogens with zero attached hydrogens (tertiary/aromatic N) is 2. The van der Waals surface area contributed by atoms with Gasteiger partial charge in [-0.25, -0.2) is 13.8 Å². The smallest absolute Gasteiger partial charge is 0.308 e. The van der Waals surface area contributed by atoms with Crippen LogP contribution in [0.1, 0.15) is 28.4 Å². The number of hydrazone groups is 1. The van der Waals surface area contributed by atoms with Crippen LogP contribution in [-0.2, 0) is 21.4 Å². The number of benzene rings is 3. The van der Waals surface area contributed by atoms with Gasteiger partial charge in [-0.2, -0.15) is 5.10 Å². The van der Waals surface area contributed by atoms with Crippen molar-refractivity contribution in [3.63, 3.8) is 0 Å². The fourth-order valence-electron chi connectivity index (χ4n) is 2.98. The van der Waals surface area contributed by atoms with Crippen molar-refractivity contribution in [1.82, 2.24) is 5.43 Å². The van der Waals surface area contributed by atoms with Crippen molar-refractivity contribution >= 4 is 45.4 Å². The SMILES string of the molecule is CC(=O)Oc1ccc(/C=N\NC(=O)c2ccc(CN(c3cccc(Cl)c3)S(C)(=O)=O)cc2)cc1. The van der Waals surface area contributed by atoms with Crippen molar-refractivity contribution < 1.29 is 22.7 Å². The highest BCUT2D eigenvalue weighted by atomic mass is 35.5. The van der Waals surface area contributed by atoms with Crippen molar-refractivity contribution in [3.05, 3.63) is 94.5 Å². The Kier molecular flexibility index (Phi) is 8.04. The van der Waals surface area contributed by atoms with E-state index < -0.39 is 21.9 Å². The molecule has 1 N–H and O–H groups in total. The normalized spacial score (nSPS) is 11.3. The fourth-order valence-corrected chi connectivity index (χ4v) is 4.04. The van der Waals surface area contributed by atoms with E-state index in [-0.39, 0.29) is 6.54 Å². The number of carbonyl (C=O) groups is 2. The van der Waals surface area contributed by atoms with Crippen molar-refractivity contribution in [3.8, 4) is 5.75 Å². The number of sulfonamides is 1. The van der Waals surface area contributed by atoms with Gasteiger partial charge in [0.05, 0.1) is 24.7 Å². The minimum absolute atomic E-state index is 0.0859. The van der Waals surface area contributed by atoms with Gasteiger partial charge in [-0.15, -0.1) is 0 Å². The van der Waals surface area contributed by atoms with E-state index in [9.17, 15) is 18.0 Å². The number of esters is 1. The summed E-state index contributed by atoms with van der Waals surface area (Å²) in [4.78, 5) is 23.3. The Morgan fingerprint density at radius 2 is 1.74 bits per heavy atom. The van der Waals surface area contributed by atoms with Crippen LogP contribution in [0.2, 0.25) is 5.02 Å². The first-order chi connectivity index (χ1) is 16.1. The van der Waals surface area contributed by atoms with E-state index in [0.29, 0.717) is 33.1 Å². The van der Waals surface area contributed by atoms with Crippen LogP contribution in [0, 0.1) is 0 Å². The number of nitrogens with one attached hydrogen (secondary N) is 1. The van der Waals surface area contributed by atoms with Gasteiger partial charge in [-0.3, -0.25) is 13.9 Å². The Labute approximate surface area is 202 Å². The van der Waals surface area contributed by atoms with E-state index in [4.69, 9.17) is 16.3 Å². The molecule has 0 radical (unpaired) electrons. The molecule has 0 saturated carbocycles. The molecule has 1 amide bonds. The number of rotatable bonds is 8. The minimum atomic E-state index is -3.55. The third kappa shape index (κ3) is 7.16. The van der Waals surface area contributed by atoms with Crippen LogP contribution in [0.5, 0.6) is 5.75 Å². The number of ether oxygens (including phenoxy) is 1. The molecule has 0 saturated heterocycles. The summed E-state index contributed by atoms with van der Waals surface area (Å²) in [6, 6.07) is 19.7. The van der Waals surface area contributed by atoms with Crippen molar-refractivity contribution in [1.29, 1.82) is 0 Å². The number of hydrogen-bond donors (Lipinski definition) is 1. The second-order valence-electron chi connectivity index (χ2n) is 7.31. The zero-order chi connectivity index (χ0) is 24.7. The quantitative estimate of drug-likeness (QED) is 0.218. The predicted octanol–water partition coefficient (Wildman–Crippen LogP) is 4.00. The molecule has 3 aromatic carbocycles. The molecule has 34 heavy (non-hydrogen) atoms. The van der Waals surface area contributed by atoms with Gasteiger partial charge in [-0.1, -0.05) is 29.8 Å². The Bertz CT molecular complexity index is 1310. The maximum atomic E-state index is 12.4. The van der Waals surface area contributed by atoms with Gasteiger partial charge in [0.25, 0.3) is 5.91 Å². The average molecular weight is 500 g/mol. The highest BCUT2D eigenvalue weighted by Crippen LogP contribution is 2.24. The molecule has 0 aliphatic heterocycles. The Balaban J connectivity index is 1.63. The molecule has 0 unspecified atom stereocenters. The van der Waals surface area contributed by atoms with Crippen molar-refractivity contribution in [2.45, 2.75) is 13.5 Å². The molecule has 0 aliphatic carbocycles. The summed E-state index contributed by atoms with van der Waals surface area (Å²) in [5.41, 5.74) is 4.64. The third-order valence-corrected chi connectivity index (χ3v) is 5.94. The van der Waals surface area contributed by atoms with Gasteiger partial charge in [0.1, 0.15) is 5.75 Å². The molecule has 8 nitrogen and oxygen atoms in total. The zero-order valence-corrected chi connectivity index (χ0v) is 20.0. The second-order valence-corrected chi connectivity index (χ2v) is 9.65. The average Bonchev–Trinajstić information content (AvgIpc) is 2.78. The van der Waals surface area contributed by atoms with E-state index >= 15 is 0 Å². The summed E-state index contributed by atoms with van der Waals surface area (Å²) in [7, 11) is -3.55. The van der Waals surface area contributed by atoms with Crippen LogP contribution in [0.3, 0.4) is 0 Å². The zero-order valence-electron chi connectivity index (χ0n) is 18.4. The Morgan fingerprint density at radius 1 is 1.06 bits per heavy atom. The first-order valence-electron chi connectivity index (χ1n) is 10.1. The maximum absolute atomic E-state index is 12.4. The fraction of sp³-hybridized carbons (Fsp3) is 0.125. The van der Waals surface area contributed by atoms with Crippen LogP contribution < -0.4 is 14.5 Å². The molecule has 10 heteroatoms. The number of amides is 1. The van der Waals surface area contributed by atoms with E-state index in [1.54, 1.807) is 72.8 Å². The van der Waals surface area contributed by atoms with Gasteiger partial charge in [0.2, 0.25) is 10.0 Å². The highest BCUT2D eigenvalue weighted by molar-refractivity contribution is 7.92. The van der Waals surface area contributed by atoms with Crippen LogP contribution >= 0.6 is 11.6 Å². The van der Waals surface area contributed by atoms with E-state index in [1.807, 2.05) is 0 Å². The van der Waals surface area contributed by atoms with Crippen LogP contribution in [0.15, 0.2) is 77.9 Å². The largest absolute Gasteiger partial charge is 0.427 e. The lowest BCUT2D eigenvalue weighted by Gasteiger charge is -2.22. The summed E-state index contributed by atoms with van der Waals surface area (Å²) in [6.07, 6.45) is 2.58. The summed E-state index contributed by atoms with van der Waals surface area (Å²) in [5.74, 6) is -0.416.